The number of nitrogens with two attached hydrogens (primary N) is 1. The predicted molar refractivity (Wildman–Crippen MR) is 76.4 cm³/mol. The molecule has 0 saturated heterocycles. The standard InChI is InChI=1S/C14H13F4N5O/c15-8-3-1-7(2-4-8)9-5-11(14(16,17)18)23-12(20-9)6-10(22-23)13(24)21-19/h1-4,6,9,11,20H,5,19H2,(H,21,24)/t9-,11-/m0/s1. The molecule has 1 aromatic carbocycles. The summed E-state index contributed by atoms with van der Waals surface area (Å²) in [4.78, 5) is 11.5. The van der Waals surface area contributed by atoms with Crippen LogP contribution in [0.25, 0.3) is 0 Å². The molecule has 1 aliphatic heterocycles. The van der Waals surface area contributed by atoms with Gasteiger partial charge in [-0.3, -0.25) is 10.2 Å². The van der Waals surface area contributed by atoms with Gasteiger partial charge in [0.25, 0.3) is 5.91 Å². The van der Waals surface area contributed by atoms with Crippen molar-refractivity contribution in [2.75, 3.05) is 5.32 Å². The Labute approximate surface area is 133 Å². The number of nitrogens with zero attached hydrogens (tertiary/aromatic N) is 2. The zero-order valence-electron chi connectivity index (χ0n) is 12.1. The zero-order chi connectivity index (χ0) is 17.5. The molecule has 3 rings (SSSR count). The third-order valence-electron chi connectivity index (χ3n) is 3.83. The van der Waals surface area contributed by atoms with E-state index in [-0.39, 0.29) is 17.9 Å². The van der Waals surface area contributed by atoms with Gasteiger partial charge in [-0.2, -0.15) is 18.3 Å². The zero-order valence-corrected chi connectivity index (χ0v) is 12.1. The summed E-state index contributed by atoms with van der Waals surface area (Å²) in [6.07, 6.45) is -4.90. The molecule has 0 aliphatic carbocycles. The van der Waals surface area contributed by atoms with E-state index >= 15 is 0 Å². The smallest absolute Gasteiger partial charge is 0.363 e. The summed E-state index contributed by atoms with van der Waals surface area (Å²) in [5.74, 6) is 3.75. The first kappa shape index (κ1) is 16.2. The van der Waals surface area contributed by atoms with Crippen LogP contribution in [-0.2, 0) is 0 Å². The SMILES string of the molecule is NNC(=O)c1cc2n(n1)[C@H](C(F)(F)F)C[C@@H](c1ccc(F)cc1)N2. The van der Waals surface area contributed by atoms with E-state index in [9.17, 15) is 22.4 Å². The van der Waals surface area contributed by atoms with E-state index in [2.05, 4.69) is 10.4 Å². The number of anilines is 1. The molecule has 0 bridgehead atoms. The van der Waals surface area contributed by atoms with Gasteiger partial charge in [-0.25, -0.2) is 14.9 Å². The number of fused-ring (bicyclic) bond motifs is 1. The number of aromatic nitrogens is 2. The predicted octanol–water partition coefficient (Wildman–Crippen LogP) is 2.29. The average Bonchev–Trinajstić information content (AvgIpc) is 2.96. The van der Waals surface area contributed by atoms with Crippen LogP contribution in [0.4, 0.5) is 23.4 Å². The van der Waals surface area contributed by atoms with Gasteiger partial charge in [-0.15, -0.1) is 0 Å². The summed E-state index contributed by atoms with van der Waals surface area (Å²) in [5, 5.41) is 6.59. The Kier molecular flexibility index (Phi) is 3.91. The highest BCUT2D eigenvalue weighted by molar-refractivity contribution is 5.92. The van der Waals surface area contributed by atoms with Gasteiger partial charge in [-0.1, -0.05) is 12.1 Å². The Hall–Kier alpha value is -2.62. The molecule has 2 aromatic rings. The van der Waals surface area contributed by atoms with Crippen molar-refractivity contribution < 1.29 is 22.4 Å². The van der Waals surface area contributed by atoms with Gasteiger partial charge in [0, 0.05) is 12.5 Å². The number of carbonyl (C=O) groups excluding carboxylic acids is 1. The van der Waals surface area contributed by atoms with Crippen LogP contribution >= 0.6 is 0 Å². The lowest BCUT2D eigenvalue weighted by Gasteiger charge is -2.33. The van der Waals surface area contributed by atoms with Gasteiger partial charge in [0.05, 0.1) is 6.04 Å². The number of nitrogens with one attached hydrogen (secondary N) is 2. The van der Waals surface area contributed by atoms with Crippen molar-refractivity contribution >= 4 is 11.7 Å². The minimum atomic E-state index is -4.56. The van der Waals surface area contributed by atoms with Gasteiger partial charge < -0.3 is 5.32 Å². The maximum atomic E-state index is 13.4. The van der Waals surface area contributed by atoms with E-state index in [0.717, 1.165) is 4.68 Å². The largest absolute Gasteiger partial charge is 0.410 e. The van der Waals surface area contributed by atoms with E-state index in [1.165, 1.54) is 30.3 Å². The molecule has 2 heterocycles. The number of amides is 1. The van der Waals surface area contributed by atoms with Gasteiger partial charge in [0.1, 0.15) is 11.6 Å². The fourth-order valence-electron chi connectivity index (χ4n) is 2.67. The summed E-state index contributed by atoms with van der Waals surface area (Å²) in [7, 11) is 0. The number of hydrazine groups is 1. The maximum absolute atomic E-state index is 13.4. The first-order valence-electron chi connectivity index (χ1n) is 6.99. The Morgan fingerprint density at radius 2 is 2.00 bits per heavy atom. The molecule has 1 aliphatic rings. The molecule has 10 heteroatoms. The van der Waals surface area contributed by atoms with Crippen LogP contribution in [0.1, 0.15) is 34.6 Å². The van der Waals surface area contributed by atoms with Crippen LogP contribution in [0.3, 0.4) is 0 Å². The lowest BCUT2D eigenvalue weighted by Crippen LogP contribution is -2.36. The number of nitrogen functional groups attached to an aromatic ring is 1. The number of hydrogen-bond acceptors (Lipinski definition) is 4. The van der Waals surface area contributed by atoms with E-state index in [1.807, 2.05) is 5.43 Å². The number of benzene rings is 1. The van der Waals surface area contributed by atoms with Crippen LogP contribution in [-0.4, -0.2) is 21.9 Å². The van der Waals surface area contributed by atoms with Gasteiger partial charge in [0.2, 0.25) is 0 Å². The molecule has 2 atom stereocenters. The first-order valence-corrected chi connectivity index (χ1v) is 6.99. The molecule has 0 unspecified atom stereocenters. The Balaban J connectivity index is 2.00. The fourth-order valence-corrected chi connectivity index (χ4v) is 2.67. The van der Waals surface area contributed by atoms with Crippen molar-refractivity contribution in [2.45, 2.75) is 24.7 Å². The highest BCUT2D eigenvalue weighted by atomic mass is 19.4. The Bertz CT molecular complexity index is 756. The third-order valence-corrected chi connectivity index (χ3v) is 3.83. The number of carbonyl (C=O) groups is 1. The Morgan fingerprint density at radius 1 is 1.33 bits per heavy atom. The van der Waals surface area contributed by atoms with Crippen molar-refractivity contribution in [1.82, 2.24) is 15.2 Å². The molecule has 0 radical (unpaired) electrons. The number of hydrogen-bond donors (Lipinski definition) is 3. The maximum Gasteiger partial charge on any atom is 0.410 e. The van der Waals surface area contributed by atoms with Crippen LogP contribution in [0, 0.1) is 5.82 Å². The van der Waals surface area contributed by atoms with Gasteiger partial charge in [-0.05, 0) is 17.7 Å². The summed E-state index contributed by atoms with van der Waals surface area (Å²) in [6.45, 7) is 0. The van der Waals surface area contributed by atoms with Gasteiger partial charge in [0.15, 0.2) is 11.7 Å². The second-order valence-electron chi connectivity index (χ2n) is 5.37. The second kappa shape index (κ2) is 5.78. The number of alkyl halides is 3. The number of rotatable bonds is 2. The topological polar surface area (TPSA) is 85.0 Å². The van der Waals surface area contributed by atoms with E-state index in [1.54, 1.807) is 0 Å². The average molecular weight is 343 g/mol. The minimum Gasteiger partial charge on any atom is -0.363 e. The van der Waals surface area contributed by atoms with E-state index in [0.29, 0.717) is 5.56 Å². The van der Waals surface area contributed by atoms with Crippen molar-refractivity contribution in [3.8, 4) is 0 Å². The molecule has 0 saturated carbocycles. The van der Waals surface area contributed by atoms with Crippen LogP contribution in [0.2, 0.25) is 0 Å². The van der Waals surface area contributed by atoms with Crippen molar-refractivity contribution in [1.29, 1.82) is 0 Å². The second-order valence-corrected chi connectivity index (χ2v) is 5.37. The van der Waals surface area contributed by atoms with Crippen molar-refractivity contribution in [3.63, 3.8) is 0 Å². The van der Waals surface area contributed by atoms with Crippen LogP contribution < -0.4 is 16.6 Å². The molecule has 6 nitrogen and oxygen atoms in total. The lowest BCUT2D eigenvalue weighted by atomic mass is 9.97. The normalized spacial score (nSPS) is 20.2. The van der Waals surface area contributed by atoms with Gasteiger partial charge >= 0.3 is 6.18 Å². The Morgan fingerprint density at radius 3 is 2.58 bits per heavy atom. The molecule has 1 aromatic heterocycles. The summed E-state index contributed by atoms with van der Waals surface area (Å²) < 4.78 is 53.9. The quantitative estimate of drug-likeness (QED) is 0.338. The summed E-state index contributed by atoms with van der Waals surface area (Å²) >= 11 is 0. The molecular weight excluding hydrogens is 330 g/mol. The minimum absolute atomic E-state index is 0.0384. The summed E-state index contributed by atoms with van der Waals surface area (Å²) in [6, 6.07) is 3.77. The molecule has 24 heavy (non-hydrogen) atoms. The molecule has 0 spiro atoms. The highest BCUT2D eigenvalue weighted by Gasteiger charge is 2.46. The highest BCUT2D eigenvalue weighted by Crippen LogP contribution is 2.43. The van der Waals surface area contributed by atoms with Crippen molar-refractivity contribution in [2.24, 2.45) is 5.84 Å². The lowest BCUT2D eigenvalue weighted by molar-refractivity contribution is -0.173. The van der Waals surface area contributed by atoms with Crippen molar-refractivity contribution in [3.05, 3.63) is 47.4 Å². The summed E-state index contributed by atoms with van der Waals surface area (Å²) in [5.41, 5.74) is 2.10. The number of halogens is 4. The molecule has 1 amide bonds. The van der Waals surface area contributed by atoms with E-state index < -0.39 is 30.0 Å². The van der Waals surface area contributed by atoms with Crippen LogP contribution in [0.15, 0.2) is 30.3 Å². The fraction of sp³-hybridized carbons (Fsp3) is 0.286. The molecule has 4 N–H and O–H groups in total. The molecule has 0 fully saturated rings. The molecular formula is C14H13F4N5O. The third kappa shape index (κ3) is 2.92. The van der Waals surface area contributed by atoms with Crippen LogP contribution in [0.5, 0.6) is 0 Å². The first-order chi connectivity index (χ1) is 11.3. The van der Waals surface area contributed by atoms with E-state index in [4.69, 9.17) is 5.84 Å². The monoisotopic (exact) mass is 343 g/mol. The molecule has 128 valence electrons.